The summed E-state index contributed by atoms with van der Waals surface area (Å²) in [6, 6.07) is 0. The lowest BCUT2D eigenvalue weighted by Gasteiger charge is -2.32. The molecule has 1 aliphatic rings. The predicted molar refractivity (Wildman–Crippen MR) is 93.6 cm³/mol. The van der Waals surface area contributed by atoms with Crippen molar-refractivity contribution in [3.8, 4) is 0 Å². The maximum Gasteiger partial charge on any atom is 0.309 e. The number of piperidine rings is 1. The summed E-state index contributed by atoms with van der Waals surface area (Å²) in [5.41, 5.74) is 0.231. The largest absolute Gasteiger partial charge is 0.481 e. The first-order chi connectivity index (χ1) is 11.7. The molecule has 1 aromatic rings. The molecular formula is C17H26N4O4. The highest BCUT2D eigenvalue weighted by molar-refractivity contribution is 5.73. The highest BCUT2D eigenvalue weighted by Gasteiger charge is 2.29. The maximum absolute atomic E-state index is 12.1. The van der Waals surface area contributed by atoms with Gasteiger partial charge in [0.05, 0.1) is 30.4 Å². The van der Waals surface area contributed by atoms with E-state index in [1.807, 2.05) is 25.7 Å². The Morgan fingerprint density at radius 3 is 2.40 bits per heavy atom. The Kier molecular flexibility index (Phi) is 6.17. The van der Waals surface area contributed by atoms with E-state index in [1.54, 1.807) is 12.4 Å². The number of hydrogen-bond donors (Lipinski definition) is 2. The molecule has 2 N–H and O–H groups in total. The fourth-order valence-corrected chi connectivity index (χ4v) is 2.59. The van der Waals surface area contributed by atoms with E-state index in [1.165, 1.54) is 0 Å². The number of nitrogens with zero attached hydrogens (tertiary/aromatic N) is 3. The van der Waals surface area contributed by atoms with Gasteiger partial charge in [0.1, 0.15) is 5.60 Å². The molecule has 1 saturated heterocycles. The van der Waals surface area contributed by atoms with Crippen LogP contribution < -0.4 is 10.2 Å². The molecule has 0 saturated carbocycles. The first-order valence-electron chi connectivity index (χ1n) is 8.50. The number of carbonyl (C=O) groups excluding carboxylic acids is 1. The summed E-state index contributed by atoms with van der Waals surface area (Å²) in [6.45, 7) is 7.37. The van der Waals surface area contributed by atoms with Crippen LogP contribution in [0.3, 0.4) is 0 Å². The zero-order valence-corrected chi connectivity index (χ0v) is 15.0. The minimum atomic E-state index is -0.849. The summed E-state index contributed by atoms with van der Waals surface area (Å²) >= 11 is 0. The molecule has 8 heteroatoms. The average Bonchev–Trinajstić information content (AvgIpc) is 2.54. The first-order valence-corrected chi connectivity index (χ1v) is 8.50. The summed E-state index contributed by atoms with van der Waals surface area (Å²) in [7, 11) is 0. The molecule has 0 amide bonds. The summed E-state index contributed by atoms with van der Waals surface area (Å²) in [5.74, 6) is -0.442. The summed E-state index contributed by atoms with van der Waals surface area (Å²) in [6.07, 6.45) is 4.77. The molecule has 0 spiro atoms. The van der Waals surface area contributed by atoms with Gasteiger partial charge in [-0.15, -0.1) is 0 Å². The molecule has 0 unspecified atom stereocenters. The fourth-order valence-electron chi connectivity index (χ4n) is 2.59. The number of anilines is 2. The van der Waals surface area contributed by atoms with Crippen LogP contribution in [-0.2, 0) is 14.3 Å². The Balaban J connectivity index is 1.82. The van der Waals surface area contributed by atoms with Crippen molar-refractivity contribution in [1.82, 2.24) is 9.97 Å². The Hall–Kier alpha value is -2.38. The Morgan fingerprint density at radius 1 is 1.28 bits per heavy atom. The number of carboxylic acids is 1. The molecule has 1 fully saturated rings. The molecule has 2 rings (SSSR count). The zero-order valence-electron chi connectivity index (χ0n) is 15.0. The van der Waals surface area contributed by atoms with Gasteiger partial charge in [-0.25, -0.2) is 9.97 Å². The van der Waals surface area contributed by atoms with Crippen molar-refractivity contribution in [2.45, 2.75) is 45.6 Å². The van der Waals surface area contributed by atoms with Gasteiger partial charge in [0.25, 0.3) is 0 Å². The van der Waals surface area contributed by atoms with Crippen molar-refractivity contribution in [2.75, 3.05) is 29.9 Å². The van der Waals surface area contributed by atoms with Crippen LogP contribution in [0.5, 0.6) is 0 Å². The molecule has 138 valence electrons. The molecule has 8 nitrogen and oxygen atoms in total. The van der Waals surface area contributed by atoms with E-state index in [9.17, 15) is 9.59 Å². The fraction of sp³-hybridized carbons (Fsp3) is 0.647. The molecule has 1 aliphatic heterocycles. The van der Waals surface area contributed by atoms with E-state index in [4.69, 9.17) is 9.84 Å². The minimum absolute atomic E-state index is 0.0416. The van der Waals surface area contributed by atoms with E-state index in [0.29, 0.717) is 31.3 Å². The van der Waals surface area contributed by atoms with E-state index in [0.717, 1.165) is 12.8 Å². The lowest BCUT2D eigenvalue weighted by atomic mass is 9.97. The van der Waals surface area contributed by atoms with Crippen molar-refractivity contribution < 1.29 is 19.4 Å². The van der Waals surface area contributed by atoms with Crippen molar-refractivity contribution >= 4 is 23.6 Å². The summed E-state index contributed by atoms with van der Waals surface area (Å²) < 4.78 is 5.45. The number of rotatable bonds is 6. The van der Waals surface area contributed by atoms with Gasteiger partial charge >= 0.3 is 11.9 Å². The van der Waals surface area contributed by atoms with Crippen LogP contribution in [0.4, 0.5) is 11.6 Å². The van der Waals surface area contributed by atoms with Gasteiger partial charge in [-0.1, -0.05) is 0 Å². The summed E-state index contributed by atoms with van der Waals surface area (Å²) in [5, 5.41) is 11.6. The second-order valence-electron chi connectivity index (χ2n) is 7.14. The van der Waals surface area contributed by atoms with Crippen molar-refractivity contribution in [3.05, 3.63) is 12.4 Å². The average molecular weight is 350 g/mol. The van der Waals surface area contributed by atoms with Crippen LogP contribution in [0, 0.1) is 5.92 Å². The molecule has 0 bridgehead atoms. The molecule has 2 heterocycles. The summed E-state index contributed by atoms with van der Waals surface area (Å²) in [4.78, 5) is 33.3. The third-order valence-corrected chi connectivity index (χ3v) is 3.82. The van der Waals surface area contributed by atoms with Crippen molar-refractivity contribution in [2.24, 2.45) is 5.92 Å². The van der Waals surface area contributed by atoms with Crippen molar-refractivity contribution in [3.63, 3.8) is 0 Å². The third kappa shape index (κ3) is 6.21. The molecule has 25 heavy (non-hydrogen) atoms. The van der Waals surface area contributed by atoms with Crippen LogP contribution in [0.15, 0.2) is 12.4 Å². The van der Waals surface area contributed by atoms with Gasteiger partial charge < -0.3 is 20.1 Å². The van der Waals surface area contributed by atoms with E-state index >= 15 is 0 Å². The number of carbonyl (C=O) groups is 2. The van der Waals surface area contributed by atoms with Crippen LogP contribution >= 0.6 is 0 Å². The lowest BCUT2D eigenvalue weighted by Crippen LogP contribution is -2.39. The molecule has 1 aromatic heterocycles. The monoisotopic (exact) mass is 350 g/mol. The normalized spacial score (nSPS) is 15.7. The van der Waals surface area contributed by atoms with Gasteiger partial charge in [0.2, 0.25) is 5.95 Å². The van der Waals surface area contributed by atoms with Crippen LogP contribution in [-0.4, -0.2) is 52.2 Å². The quantitative estimate of drug-likeness (QED) is 0.750. The molecule has 0 radical (unpaired) electrons. The van der Waals surface area contributed by atoms with Gasteiger partial charge in [0, 0.05) is 19.6 Å². The van der Waals surface area contributed by atoms with Crippen LogP contribution in [0.2, 0.25) is 0 Å². The number of aromatic nitrogens is 2. The third-order valence-electron chi connectivity index (χ3n) is 3.82. The number of esters is 1. The number of hydrogen-bond acceptors (Lipinski definition) is 7. The van der Waals surface area contributed by atoms with Gasteiger partial charge in [-0.2, -0.15) is 0 Å². The number of ether oxygens (including phenoxy) is 1. The minimum Gasteiger partial charge on any atom is -0.481 e. The Labute approximate surface area is 147 Å². The second kappa shape index (κ2) is 8.13. The number of nitrogens with one attached hydrogen (secondary N) is 1. The Morgan fingerprint density at radius 2 is 1.88 bits per heavy atom. The van der Waals surface area contributed by atoms with Crippen LogP contribution in [0.1, 0.15) is 40.0 Å². The molecular weight excluding hydrogens is 324 g/mol. The number of carboxylic acid groups (broad SMARTS) is 1. The van der Waals surface area contributed by atoms with Gasteiger partial charge in [0.15, 0.2) is 0 Å². The first kappa shape index (κ1) is 19.0. The highest BCUT2D eigenvalue weighted by Crippen LogP contribution is 2.23. The Bertz CT molecular complexity index is 590. The van der Waals surface area contributed by atoms with E-state index in [-0.39, 0.29) is 18.3 Å². The lowest BCUT2D eigenvalue weighted by molar-refractivity contribution is -0.160. The van der Waals surface area contributed by atoms with Crippen LogP contribution in [0.25, 0.3) is 0 Å². The van der Waals surface area contributed by atoms with E-state index < -0.39 is 11.6 Å². The zero-order chi connectivity index (χ0) is 18.4. The highest BCUT2D eigenvalue weighted by atomic mass is 16.6. The van der Waals surface area contributed by atoms with E-state index in [2.05, 4.69) is 15.3 Å². The molecule has 0 aromatic carbocycles. The predicted octanol–water partition coefficient (Wildman–Crippen LogP) is 1.92. The van der Waals surface area contributed by atoms with Gasteiger partial charge in [-0.05, 0) is 33.6 Å². The number of aliphatic carboxylic acids is 1. The van der Waals surface area contributed by atoms with Crippen molar-refractivity contribution in [1.29, 1.82) is 0 Å². The standard InChI is InChI=1S/C17H26N4O4/c1-17(2,3)25-15(24)12-5-8-21(9-6-12)16-19-10-13(11-20-16)18-7-4-14(22)23/h10-12,18H,4-9H2,1-3H3,(H,22,23). The molecule has 0 aliphatic carbocycles. The topological polar surface area (TPSA) is 105 Å². The molecule has 0 atom stereocenters. The SMILES string of the molecule is CC(C)(C)OC(=O)C1CCN(c2ncc(NCCC(=O)O)cn2)CC1. The second-order valence-corrected chi connectivity index (χ2v) is 7.14. The van der Waals surface area contributed by atoms with Gasteiger partial charge in [-0.3, -0.25) is 9.59 Å². The smallest absolute Gasteiger partial charge is 0.309 e. The maximum atomic E-state index is 12.1.